The maximum atomic E-state index is 12.7. The number of hydrogen-bond acceptors (Lipinski definition) is 4. The molecule has 0 saturated carbocycles. The van der Waals surface area contributed by atoms with Gasteiger partial charge in [-0.25, -0.2) is 0 Å². The molecule has 1 rings (SSSR count). The average molecular weight is 386 g/mol. The summed E-state index contributed by atoms with van der Waals surface area (Å²) in [6, 6.07) is 4.78. The standard InChI is InChI=1S/C18H28F2N4O3/c1-4-8-22-16(25)12-24-18(21-3)23-11-13-6-7-14(26-9-5-2)10-15(13)27-17(19)20/h6-7,10,17H,4-5,8-9,11-12H2,1-3H3,(H,22,25)(H2,21,23,24). The van der Waals surface area contributed by atoms with E-state index >= 15 is 0 Å². The Morgan fingerprint density at radius 3 is 2.59 bits per heavy atom. The number of rotatable bonds is 11. The zero-order valence-corrected chi connectivity index (χ0v) is 16.0. The van der Waals surface area contributed by atoms with E-state index in [1.807, 2.05) is 13.8 Å². The number of guanidine groups is 1. The van der Waals surface area contributed by atoms with Crippen LogP contribution in [0.2, 0.25) is 0 Å². The molecule has 0 bridgehead atoms. The van der Waals surface area contributed by atoms with Crippen molar-refractivity contribution in [3.05, 3.63) is 23.8 Å². The van der Waals surface area contributed by atoms with Gasteiger partial charge in [-0.15, -0.1) is 0 Å². The third kappa shape index (κ3) is 9.07. The maximum absolute atomic E-state index is 12.7. The predicted octanol–water partition coefficient (Wildman–Crippen LogP) is 2.27. The second kappa shape index (κ2) is 12.7. The Bertz CT molecular complexity index is 612. The van der Waals surface area contributed by atoms with Gasteiger partial charge in [0.1, 0.15) is 11.5 Å². The molecular weight excluding hydrogens is 358 g/mol. The topological polar surface area (TPSA) is 84.0 Å². The van der Waals surface area contributed by atoms with E-state index < -0.39 is 6.61 Å². The highest BCUT2D eigenvalue weighted by molar-refractivity contribution is 5.86. The van der Waals surface area contributed by atoms with E-state index in [0.717, 1.165) is 12.8 Å². The van der Waals surface area contributed by atoms with Gasteiger partial charge in [0, 0.05) is 31.8 Å². The minimum absolute atomic E-state index is 0.0299. The highest BCUT2D eigenvalue weighted by atomic mass is 19.3. The van der Waals surface area contributed by atoms with Gasteiger partial charge in [-0.05, 0) is 25.0 Å². The lowest BCUT2D eigenvalue weighted by molar-refractivity contribution is -0.120. The van der Waals surface area contributed by atoms with Crippen molar-refractivity contribution in [1.82, 2.24) is 16.0 Å². The molecule has 0 aliphatic rings. The Morgan fingerprint density at radius 1 is 1.19 bits per heavy atom. The van der Waals surface area contributed by atoms with Crippen LogP contribution in [-0.4, -0.2) is 45.2 Å². The van der Waals surface area contributed by atoms with Crippen LogP contribution in [-0.2, 0) is 11.3 Å². The number of benzene rings is 1. The van der Waals surface area contributed by atoms with E-state index in [1.54, 1.807) is 19.2 Å². The molecule has 0 aliphatic carbocycles. The normalized spacial score (nSPS) is 11.3. The fraction of sp³-hybridized carbons (Fsp3) is 0.556. The van der Waals surface area contributed by atoms with Crippen molar-refractivity contribution in [3.8, 4) is 11.5 Å². The summed E-state index contributed by atoms with van der Waals surface area (Å²) in [5, 5.41) is 8.57. The minimum Gasteiger partial charge on any atom is -0.493 e. The summed E-state index contributed by atoms with van der Waals surface area (Å²) < 4.78 is 35.4. The van der Waals surface area contributed by atoms with Crippen LogP contribution in [0.3, 0.4) is 0 Å². The van der Waals surface area contributed by atoms with Crippen LogP contribution < -0.4 is 25.4 Å². The van der Waals surface area contributed by atoms with Gasteiger partial charge < -0.3 is 25.4 Å². The number of carbonyl (C=O) groups excluding carboxylic acids is 1. The smallest absolute Gasteiger partial charge is 0.387 e. The molecule has 1 amide bonds. The summed E-state index contributed by atoms with van der Waals surface area (Å²) in [6.45, 7) is 2.32. The third-order valence-electron chi connectivity index (χ3n) is 3.39. The number of ether oxygens (including phenoxy) is 2. The zero-order valence-electron chi connectivity index (χ0n) is 16.0. The van der Waals surface area contributed by atoms with Gasteiger partial charge in [-0.1, -0.05) is 13.8 Å². The third-order valence-corrected chi connectivity index (χ3v) is 3.39. The molecule has 1 aromatic rings. The van der Waals surface area contributed by atoms with Crippen LogP contribution in [0.5, 0.6) is 11.5 Å². The molecule has 0 aliphatic heterocycles. The van der Waals surface area contributed by atoms with Crippen molar-refractivity contribution in [2.24, 2.45) is 4.99 Å². The number of alkyl halides is 2. The van der Waals surface area contributed by atoms with E-state index in [-0.39, 0.29) is 24.7 Å². The lowest BCUT2D eigenvalue weighted by Crippen LogP contribution is -2.43. The Morgan fingerprint density at radius 2 is 1.96 bits per heavy atom. The first-order valence-electron chi connectivity index (χ1n) is 8.91. The van der Waals surface area contributed by atoms with Gasteiger partial charge in [0.15, 0.2) is 5.96 Å². The van der Waals surface area contributed by atoms with Crippen molar-refractivity contribution in [1.29, 1.82) is 0 Å². The molecule has 152 valence electrons. The van der Waals surface area contributed by atoms with Crippen molar-refractivity contribution in [3.63, 3.8) is 0 Å². The second-order valence-corrected chi connectivity index (χ2v) is 5.63. The highest BCUT2D eigenvalue weighted by Crippen LogP contribution is 2.26. The number of carbonyl (C=O) groups is 1. The lowest BCUT2D eigenvalue weighted by Gasteiger charge is -2.15. The van der Waals surface area contributed by atoms with Gasteiger partial charge in [-0.3, -0.25) is 9.79 Å². The Labute approximate surface area is 158 Å². The molecular formula is C18H28F2N4O3. The predicted molar refractivity (Wildman–Crippen MR) is 100 cm³/mol. The van der Waals surface area contributed by atoms with Gasteiger partial charge in [-0.2, -0.15) is 8.78 Å². The molecule has 9 heteroatoms. The van der Waals surface area contributed by atoms with E-state index in [0.29, 0.717) is 30.4 Å². The molecule has 0 fully saturated rings. The summed E-state index contributed by atoms with van der Waals surface area (Å²) in [5.74, 6) is 0.712. The fourth-order valence-corrected chi connectivity index (χ4v) is 2.09. The maximum Gasteiger partial charge on any atom is 0.387 e. The van der Waals surface area contributed by atoms with E-state index in [1.165, 1.54) is 6.07 Å². The molecule has 0 radical (unpaired) electrons. The summed E-state index contributed by atoms with van der Waals surface area (Å²) in [6.07, 6.45) is 1.66. The summed E-state index contributed by atoms with van der Waals surface area (Å²) in [7, 11) is 1.55. The van der Waals surface area contributed by atoms with E-state index in [2.05, 4.69) is 25.7 Å². The van der Waals surface area contributed by atoms with E-state index in [4.69, 9.17) is 4.74 Å². The zero-order chi connectivity index (χ0) is 20.1. The summed E-state index contributed by atoms with van der Waals surface area (Å²) in [4.78, 5) is 15.6. The summed E-state index contributed by atoms with van der Waals surface area (Å²) >= 11 is 0. The van der Waals surface area contributed by atoms with Crippen molar-refractivity contribution in [2.45, 2.75) is 39.8 Å². The van der Waals surface area contributed by atoms with E-state index in [9.17, 15) is 13.6 Å². The number of halogens is 2. The fourth-order valence-electron chi connectivity index (χ4n) is 2.09. The molecule has 1 aromatic carbocycles. The Hall–Kier alpha value is -2.58. The average Bonchev–Trinajstić information content (AvgIpc) is 2.65. The highest BCUT2D eigenvalue weighted by Gasteiger charge is 2.12. The number of hydrogen-bond donors (Lipinski definition) is 3. The van der Waals surface area contributed by atoms with Crippen LogP contribution in [0.25, 0.3) is 0 Å². The van der Waals surface area contributed by atoms with Crippen LogP contribution in [0, 0.1) is 0 Å². The molecule has 0 heterocycles. The first-order valence-corrected chi connectivity index (χ1v) is 8.91. The SMILES string of the molecule is CCCNC(=O)CNC(=NC)NCc1ccc(OCCC)cc1OC(F)F. The molecule has 0 saturated heterocycles. The van der Waals surface area contributed by atoms with Crippen LogP contribution in [0.1, 0.15) is 32.3 Å². The molecule has 0 atom stereocenters. The summed E-state index contributed by atoms with van der Waals surface area (Å²) in [5.41, 5.74) is 0.512. The number of nitrogens with zero attached hydrogens (tertiary/aromatic N) is 1. The quantitative estimate of drug-likeness (QED) is 0.401. The second-order valence-electron chi connectivity index (χ2n) is 5.63. The molecule has 0 aromatic heterocycles. The van der Waals surface area contributed by atoms with Crippen LogP contribution in [0.15, 0.2) is 23.2 Å². The first kappa shape index (κ1) is 22.5. The number of aliphatic imine (C=N–C) groups is 1. The van der Waals surface area contributed by atoms with Gasteiger partial charge in [0.25, 0.3) is 0 Å². The monoisotopic (exact) mass is 386 g/mol. The minimum atomic E-state index is -2.94. The molecule has 3 N–H and O–H groups in total. The van der Waals surface area contributed by atoms with Crippen LogP contribution in [0.4, 0.5) is 8.78 Å². The largest absolute Gasteiger partial charge is 0.493 e. The molecule has 7 nitrogen and oxygen atoms in total. The van der Waals surface area contributed by atoms with Crippen molar-refractivity contribution < 1.29 is 23.0 Å². The Kier molecular flexibility index (Phi) is 10.6. The molecule has 27 heavy (non-hydrogen) atoms. The molecule has 0 spiro atoms. The lowest BCUT2D eigenvalue weighted by atomic mass is 10.2. The number of nitrogens with one attached hydrogen (secondary N) is 3. The van der Waals surface area contributed by atoms with Crippen molar-refractivity contribution >= 4 is 11.9 Å². The first-order chi connectivity index (χ1) is 13.0. The molecule has 0 unspecified atom stereocenters. The van der Waals surface area contributed by atoms with Crippen LogP contribution >= 0.6 is 0 Å². The Balaban J connectivity index is 2.68. The van der Waals surface area contributed by atoms with Crippen molar-refractivity contribution in [2.75, 3.05) is 26.7 Å². The van der Waals surface area contributed by atoms with Gasteiger partial charge in [0.2, 0.25) is 5.91 Å². The van der Waals surface area contributed by atoms with Gasteiger partial charge in [0.05, 0.1) is 13.2 Å². The van der Waals surface area contributed by atoms with Gasteiger partial charge >= 0.3 is 6.61 Å². The number of amides is 1.